The molecule has 7 nitrogen and oxygen atoms in total. The van der Waals surface area contributed by atoms with Crippen molar-refractivity contribution in [3.63, 3.8) is 0 Å². The fourth-order valence-electron chi connectivity index (χ4n) is 5.06. The van der Waals surface area contributed by atoms with Gasteiger partial charge in [0.1, 0.15) is 11.6 Å². The number of methoxy groups -OCH3 is 1. The molecule has 0 spiro atoms. The highest BCUT2D eigenvalue weighted by molar-refractivity contribution is 7.99. The average Bonchev–Trinajstić information content (AvgIpc) is 3.44. The van der Waals surface area contributed by atoms with Crippen molar-refractivity contribution in [3.05, 3.63) is 108 Å². The molecule has 0 radical (unpaired) electrons. The maximum Gasteiger partial charge on any atom is 0.222 e. The number of carbonyl (C=O) groups is 1. The molecule has 0 atom stereocenters. The van der Waals surface area contributed by atoms with Gasteiger partial charge in [0.25, 0.3) is 0 Å². The summed E-state index contributed by atoms with van der Waals surface area (Å²) in [6.45, 7) is 4.38. The number of piperazine rings is 1. The number of thioether (sulfide) groups is 1. The molecule has 8 heteroatoms. The molecule has 1 fully saturated rings. The number of ether oxygens (including phenoxy) is 1. The van der Waals surface area contributed by atoms with Crippen molar-refractivity contribution in [1.82, 2.24) is 24.6 Å². The topological polar surface area (TPSA) is 63.5 Å². The number of unbranched alkanes of at least 4 members (excludes halogenated alkanes) is 1. The number of benzene rings is 3. The monoisotopic (exact) mass is 581 g/mol. The second-order valence-electron chi connectivity index (χ2n) is 10.4. The molecule has 218 valence electrons. The Morgan fingerprint density at radius 2 is 1.60 bits per heavy atom. The third kappa shape index (κ3) is 8.33. The van der Waals surface area contributed by atoms with Gasteiger partial charge in [-0.1, -0.05) is 84.6 Å². The summed E-state index contributed by atoms with van der Waals surface area (Å²) in [5.74, 6) is 2.87. The van der Waals surface area contributed by atoms with E-state index in [-0.39, 0.29) is 5.91 Å². The lowest BCUT2D eigenvalue weighted by molar-refractivity contribution is -0.132. The van der Waals surface area contributed by atoms with E-state index in [4.69, 9.17) is 4.74 Å². The minimum atomic E-state index is 0.269. The highest BCUT2D eigenvalue weighted by atomic mass is 32.2. The lowest BCUT2D eigenvalue weighted by Gasteiger charge is -2.34. The van der Waals surface area contributed by atoms with Crippen LogP contribution >= 0.6 is 11.8 Å². The lowest BCUT2D eigenvalue weighted by atomic mass is 10.1. The second kappa shape index (κ2) is 15.4. The van der Waals surface area contributed by atoms with Gasteiger partial charge in [0.15, 0.2) is 5.16 Å². The summed E-state index contributed by atoms with van der Waals surface area (Å²) in [7, 11) is 1.67. The van der Waals surface area contributed by atoms with E-state index in [9.17, 15) is 4.79 Å². The first-order valence-corrected chi connectivity index (χ1v) is 15.7. The van der Waals surface area contributed by atoms with Crippen LogP contribution in [0.4, 0.5) is 0 Å². The quantitative estimate of drug-likeness (QED) is 0.143. The fourth-order valence-corrected chi connectivity index (χ4v) is 6.03. The van der Waals surface area contributed by atoms with Crippen LogP contribution < -0.4 is 4.74 Å². The van der Waals surface area contributed by atoms with E-state index in [0.29, 0.717) is 12.8 Å². The molecular formula is C34H39N5O2S. The minimum absolute atomic E-state index is 0.269. The SMILES string of the molecule is COc1ccc(-n2c(Cc3ccccc3)nnc2SCCCCC(=O)N2CCN(C/C=C/c3ccccc3)CC2)cc1. The molecule has 1 saturated heterocycles. The number of nitrogens with zero attached hydrogens (tertiary/aromatic N) is 5. The Morgan fingerprint density at radius 3 is 2.31 bits per heavy atom. The van der Waals surface area contributed by atoms with Gasteiger partial charge in [0.2, 0.25) is 5.91 Å². The Labute approximate surface area is 253 Å². The Hall–Kier alpha value is -3.88. The molecule has 1 aromatic heterocycles. The van der Waals surface area contributed by atoms with Crippen LogP contribution in [0.5, 0.6) is 5.75 Å². The molecule has 3 aromatic carbocycles. The molecular weight excluding hydrogens is 542 g/mol. The summed E-state index contributed by atoms with van der Waals surface area (Å²) < 4.78 is 7.49. The summed E-state index contributed by atoms with van der Waals surface area (Å²) >= 11 is 1.70. The average molecular weight is 582 g/mol. The van der Waals surface area contributed by atoms with Gasteiger partial charge in [-0.05, 0) is 48.2 Å². The van der Waals surface area contributed by atoms with E-state index in [1.165, 1.54) is 11.1 Å². The summed E-state index contributed by atoms with van der Waals surface area (Å²) in [5, 5.41) is 9.96. The van der Waals surface area contributed by atoms with Crippen LogP contribution in [0, 0.1) is 0 Å². The van der Waals surface area contributed by atoms with E-state index in [1.807, 2.05) is 53.4 Å². The Morgan fingerprint density at radius 1 is 0.881 bits per heavy atom. The second-order valence-corrected chi connectivity index (χ2v) is 11.5. The van der Waals surface area contributed by atoms with E-state index in [0.717, 1.165) is 73.7 Å². The van der Waals surface area contributed by atoms with E-state index in [2.05, 4.69) is 68.2 Å². The van der Waals surface area contributed by atoms with Crippen molar-refractivity contribution in [1.29, 1.82) is 0 Å². The first kappa shape index (κ1) is 29.6. The molecule has 0 bridgehead atoms. The van der Waals surface area contributed by atoms with Gasteiger partial charge in [-0.15, -0.1) is 10.2 Å². The number of amides is 1. The van der Waals surface area contributed by atoms with E-state index < -0.39 is 0 Å². The minimum Gasteiger partial charge on any atom is -0.497 e. The first-order chi connectivity index (χ1) is 20.7. The van der Waals surface area contributed by atoms with Crippen LogP contribution in [0.15, 0.2) is 96.2 Å². The Kier molecular flexibility index (Phi) is 10.8. The van der Waals surface area contributed by atoms with E-state index >= 15 is 0 Å². The summed E-state index contributed by atoms with van der Waals surface area (Å²) in [6, 6.07) is 28.7. The molecule has 0 aliphatic carbocycles. The first-order valence-electron chi connectivity index (χ1n) is 14.7. The van der Waals surface area contributed by atoms with E-state index in [1.54, 1.807) is 18.9 Å². The number of hydrogen-bond donors (Lipinski definition) is 0. The zero-order valence-electron chi connectivity index (χ0n) is 24.3. The Bertz CT molecular complexity index is 1420. The molecule has 5 rings (SSSR count). The molecule has 42 heavy (non-hydrogen) atoms. The highest BCUT2D eigenvalue weighted by Crippen LogP contribution is 2.26. The molecule has 1 amide bonds. The standard InChI is InChI=1S/C34H39N5O2S/c1-41-31-19-17-30(18-20-31)39-32(27-29-13-6-3-7-14-29)35-36-34(39)42-26-9-8-16-33(40)38-24-22-37(23-25-38)21-10-15-28-11-4-2-5-12-28/h2-7,10-15,17-20H,8-9,16,21-27H2,1H3/b15-10+. The van der Waals surface area contributed by atoms with Crippen molar-refractivity contribution >= 4 is 23.7 Å². The van der Waals surface area contributed by atoms with Gasteiger partial charge in [-0.2, -0.15) is 0 Å². The van der Waals surface area contributed by atoms with Crippen LogP contribution in [-0.2, 0) is 11.2 Å². The number of hydrogen-bond acceptors (Lipinski definition) is 6. The van der Waals surface area contributed by atoms with Crippen LogP contribution in [0.25, 0.3) is 11.8 Å². The fraction of sp³-hybridized carbons (Fsp3) is 0.324. The molecule has 0 saturated carbocycles. The molecule has 1 aliphatic heterocycles. The molecule has 0 unspecified atom stereocenters. The van der Waals surface area contributed by atoms with Crippen LogP contribution in [0.3, 0.4) is 0 Å². The maximum atomic E-state index is 12.9. The predicted octanol–water partition coefficient (Wildman–Crippen LogP) is 5.99. The number of rotatable bonds is 13. The lowest BCUT2D eigenvalue weighted by Crippen LogP contribution is -2.48. The summed E-state index contributed by atoms with van der Waals surface area (Å²) in [5.41, 5.74) is 3.43. The molecule has 2 heterocycles. The molecule has 0 N–H and O–H groups in total. The normalized spacial score (nSPS) is 14.0. The zero-order chi connectivity index (χ0) is 29.0. The molecule has 1 aliphatic rings. The Balaban J connectivity index is 1.07. The number of carbonyl (C=O) groups excluding carboxylic acids is 1. The third-order valence-corrected chi connectivity index (χ3v) is 8.47. The van der Waals surface area contributed by atoms with Crippen LogP contribution in [-0.4, -0.2) is 76.1 Å². The third-order valence-electron chi connectivity index (χ3n) is 7.45. The van der Waals surface area contributed by atoms with Crippen molar-refractivity contribution < 1.29 is 9.53 Å². The zero-order valence-corrected chi connectivity index (χ0v) is 25.1. The maximum absolute atomic E-state index is 12.9. The summed E-state index contributed by atoms with van der Waals surface area (Å²) in [6.07, 6.45) is 7.50. The highest BCUT2D eigenvalue weighted by Gasteiger charge is 2.20. The number of aromatic nitrogens is 3. The van der Waals surface area contributed by atoms with Gasteiger partial charge < -0.3 is 9.64 Å². The van der Waals surface area contributed by atoms with Crippen molar-refractivity contribution in [3.8, 4) is 11.4 Å². The smallest absolute Gasteiger partial charge is 0.222 e. The predicted molar refractivity (Wildman–Crippen MR) is 170 cm³/mol. The van der Waals surface area contributed by atoms with Crippen LogP contribution in [0.1, 0.15) is 36.2 Å². The van der Waals surface area contributed by atoms with Crippen molar-refractivity contribution in [2.75, 3.05) is 45.6 Å². The van der Waals surface area contributed by atoms with Gasteiger partial charge in [-0.3, -0.25) is 14.3 Å². The van der Waals surface area contributed by atoms with Gasteiger partial charge in [0, 0.05) is 57.0 Å². The van der Waals surface area contributed by atoms with Crippen molar-refractivity contribution in [2.24, 2.45) is 0 Å². The van der Waals surface area contributed by atoms with Gasteiger partial charge >= 0.3 is 0 Å². The summed E-state index contributed by atoms with van der Waals surface area (Å²) in [4.78, 5) is 17.3. The van der Waals surface area contributed by atoms with Gasteiger partial charge in [0.05, 0.1) is 7.11 Å². The largest absolute Gasteiger partial charge is 0.497 e. The van der Waals surface area contributed by atoms with Crippen LogP contribution in [0.2, 0.25) is 0 Å². The van der Waals surface area contributed by atoms with Crippen molar-refractivity contribution in [2.45, 2.75) is 30.8 Å². The molecule has 4 aromatic rings. The van der Waals surface area contributed by atoms with Gasteiger partial charge in [-0.25, -0.2) is 0 Å².